The van der Waals surface area contributed by atoms with Crippen molar-refractivity contribution in [3.8, 4) is 0 Å². The lowest BCUT2D eigenvalue weighted by Gasteiger charge is -2.29. The largest absolute Gasteiger partial charge is 0.399 e. The van der Waals surface area contributed by atoms with Gasteiger partial charge in [0.05, 0.1) is 6.61 Å². The molecular weight excluding hydrogens is 252 g/mol. The van der Waals surface area contributed by atoms with E-state index in [0.717, 1.165) is 36.4 Å². The maximum atomic E-state index is 12.1. The van der Waals surface area contributed by atoms with Gasteiger partial charge in [0.15, 0.2) is 0 Å². The summed E-state index contributed by atoms with van der Waals surface area (Å²) >= 11 is 0. The minimum absolute atomic E-state index is 0.176. The number of carbonyl (C=O) groups excluding carboxylic acids is 1. The normalized spacial score (nSPS) is 14.8. The Bertz CT molecular complexity index is 472. The van der Waals surface area contributed by atoms with Crippen LogP contribution in [0.5, 0.6) is 0 Å². The molecule has 1 heterocycles. The molecule has 1 aromatic rings. The molecule has 1 aliphatic rings. The van der Waals surface area contributed by atoms with Gasteiger partial charge in [0.2, 0.25) is 5.91 Å². The number of aryl methyl sites for hydroxylation is 1. The number of carbonyl (C=O) groups is 1. The zero-order chi connectivity index (χ0) is 14.5. The Labute approximate surface area is 120 Å². The number of hydrogen-bond donors (Lipinski definition) is 1. The second kappa shape index (κ2) is 6.75. The highest BCUT2D eigenvalue weighted by atomic mass is 16.5. The van der Waals surface area contributed by atoms with E-state index in [2.05, 4.69) is 13.8 Å². The highest BCUT2D eigenvalue weighted by Gasteiger charge is 2.23. The van der Waals surface area contributed by atoms with Crippen LogP contribution in [0.1, 0.15) is 32.3 Å². The second-order valence-electron chi connectivity index (χ2n) is 5.73. The number of benzene rings is 1. The van der Waals surface area contributed by atoms with Gasteiger partial charge in [0, 0.05) is 30.9 Å². The molecule has 0 saturated carbocycles. The molecule has 0 aromatic heterocycles. The average molecular weight is 276 g/mol. The van der Waals surface area contributed by atoms with Crippen molar-refractivity contribution in [1.82, 2.24) is 0 Å². The van der Waals surface area contributed by atoms with Crippen LogP contribution in [-0.2, 0) is 16.0 Å². The van der Waals surface area contributed by atoms with Crippen LogP contribution in [0.15, 0.2) is 18.2 Å². The molecule has 0 atom stereocenters. The molecule has 0 radical (unpaired) electrons. The smallest absolute Gasteiger partial charge is 0.227 e. The van der Waals surface area contributed by atoms with Gasteiger partial charge < -0.3 is 15.4 Å². The zero-order valence-corrected chi connectivity index (χ0v) is 12.4. The van der Waals surface area contributed by atoms with Crippen molar-refractivity contribution in [2.45, 2.75) is 33.1 Å². The minimum atomic E-state index is 0.176. The quantitative estimate of drug-likeness (QED) is 0.642. The van der Waals surface area contributed by atoms with E-state index >= 15 is 0 Å². The summed E-state index contributed by atoms with van der Waals surface area (Å²) < 4.78 is 5.62. The highest BCUT2D eigenvalue weighted by Crippen LogP contribution is 2.29. The fourth-order valence-electron chi connectivity index (χ4n) is 2.40. The van der Waals surface area contributed by atoms with Gasteiger partial charge in [-0.25, -0.2) is 0 Å². The molecule has 1 aliphatic heterocycles. The predicted octanol–water partition coefficient (Wildman–Crippen LogP) is 2.61. The molecule has 0 aliphatic carbocycles. The van der Waals surface area contributed by atoms with Crippen LogP contribution in [0.3, 0.4) is 0 Å². The number of rotatable bonds is 6. The van der Waals surface area contributed by atoms with Gasteiger partial charge >= 0.3 is 0 Å². The Morgan fingerprint density at radius 2 is 2.10 bits per heavy atom. The summed E-state index contributed by atoms with van der Waals surface area (Å²) in [6.45, 7) is 6.32. The SMILES string of the molecule is CC(C)CCOCCN1C(=O)CCc2cc(N)ccc21. The molecule has 0 spiro atoms. The van der Waals surface area contributed by atoms with Crippen molar-refractivity contribution < 1.29 is 9.53 Å². The molecule has 4 heteroatoms. The van der Waals surface area contributed by atoms with Gasteiger partial charge in [-0.2, -0.15) is 0 Å². The number of ether oxygens (including phenoxy) is 1. The Morgan fingerprint density at radius 1 is 1.30 bits per heavy atom. The van der Waals surface area contributed by atoms with Crippen molar-refractivity contribution in [1.29, 1.82) is 0 Å². The monoisotopic (exact) mass is 276 g/mol. The second-order valence-corrected chi connectivity index (χ2v) is 5.73. The minimum Gasteiger partial charge on any atom is -0.399 e. The van der Waals surface area contributed by atoms with Gasteiger partial charge in [-0.3, -0.25) is 4.79 Å². The number of nitrogens with zero attached hydrogens (tertiary/aromatic N) is 1. The van der Waals surface area contributed by atoms with E-state index in [1.165, 1.54) is 0 Å². The lowest BCUT2D eigenvalue weighted by molar-refractivity contribution is -0.119. The molecule has 1 amide bonds. The first-order valence-corrected chi connectivity index (χ1v) is 7.34. The maximum Gasteiger partial charge on any atom is 0.227 e. The molecule has 0 bridgehead atoms. The van der Waals surface area contributed by atoms with Crippen molar-refractivity contribution in [3.05, 3.63) is 23.8 Å². The first-order chi connectivity index (χ1) is 9.58. The Morgan fingerprint density at radius 3 is 2.85 bits per heavy atom. The van der Waals surface area contributed by atoms with Crippen LogP contribution < -0.4 is 10.6 Å². The number of amides is 1. The fraction of sp³-hybridized carbons (Fsp3) is 0.562. The van der Waals surface area contributed by atoms with Crippen molar-refractivity contribution >= 4 is 17.3 Å². The van der Waals surface area contributed by atoms with E-state index in [-0.39, 0.29) is 5.91 Å². The Balaban J connectivity index is 1.92. The molecule has 2 rings (SSSR count). The average Bonchev–Trinajstić information content (AvgIpc) is 2.40. The van der Waals surface area contributed by atoms with Crippen LogP contribution in [-0.4, -0.2) is 25.7 Å². The lowest BCUT2D eigenvalue weighted by Crippen LogP contribution is -2.37. The number of nitrogens with two attached hydrogens (primary N) is 1. The topological polar surface area (TPSA) is 55.6 Å². The molecule has 0 fully saturated rings. The van der Waals surface area contributed by atoms with Crippen molar-refractivity contribution in [3.63, 3.8) is 0 Å². The summed E-state index contributed by atoms with van der Waals surface area (Å²) in [4.78, 5) is 13.9. The molecule has 20 heavy (non-hydrogen) atoms. The third-order valence-electron chi connectivity index (χ3n) is 3.60. The van der Waals surface area contributed by atoms with Gasteiger partial charge in [0.25, 0.3) is 0 Å². The molecule has 4 nitrogen and oxygen atoms in total. The van der Waals surface area contributed by atoms with Crippen molar-refractivity contribution in [2.75, 3.05) is 30.4 Å². The van der Waals surface area contributed by atoms with Crippen LogP contribution in [0.2, 0.25) is 0 Å². The number of anilines is 2. The highest BCUT2D eigenvalue weighted by molar-refractivity contribution is 5.96. The lowest BCUT2D eigenvalue weighted by atomic mass is 10.0. The van der Waals surface area contributed by atoms with E-state index in [0.29, 0.717) is 25.5 Å². The maximum absolute atomic E-state index is 12.1. The van der Waals surface area contributed by atoms with Gasteiger partial charge in [0.1, 0.15) is 0 Å². The van der Waals surface area contributed by atoms with Gasteiger partial charge in [-0.1, -0.05) is 13.8 Å². The van der Waals surface area contributed by atoms with E-state index in [9.17, 15) is 4.79 Å². The first kappa shape index (κ1) is 14.9. The first-order valence-electron chi connectivity index (χ1n) is 7.34. The van der Waals surface area contributed by atoms with Gasteiger partial charge in [-0.05, 0) is 42.5 Å². The molecule has 1 aromatic carbocycles. The van der Waals surface area contributed by atoms with Crippen LogP contribution >= 0.6 is 0 Å². The fourth-order valence-corrected chi connectivity index (χ4v) is 2.40. The van der Waals surface area contributed by atoms with Crippen LogP contribution in [0, 0.1) is 5.92 Å². The van der Waals surface area contributed by atoms with Gasteiger partial charge in [-0.15, -0.1) is 0 Å². The number of nitrogen functional groups attached to an aromatic ring is 1. The zero-order valence-electron chi connectivity index (χ0n) is 12.4. The molecule has 0 unspecified atom stereocenters. The Hall–Kier alpha value is -1.55. The third-order valence-corrected chi connectivity index (χ3v) is 3.60. The predicted molar refractivity (Wildman–Crippen MR) is 81.8 cm³/mol. The van der Waals surface area contributed by atoms with E-state index in [4.69, 9.17) is 10.5 Å². The van der Waals surface area contributed by atoms with Crippen LogP contribution in [0.4, 0.5) is 11.4 Å². The van der Waals surface area contributed by atoms with E-state index < -0.39 is 0 Å². The summed E-state index contributed by atoms with van der Waals surface area (Å²) in [5.41, 5.74) is 8.71. The molecule has 2 N–H and O–H groups in total. The molecule has 0 saturated heterocycles. The standard InChI is InChI=1S/C16H24N2O2/c1-12(2)7-9-20-10-8-18-15-5-4-14(17)11-13(15)3-6-16(18)19/h4-5,11-12H,3,6-10,17H2,1-2H3. The van der Waals surface area contributed by atoms with E-state index in [1.807, 2.05) is 23.1 Å². The van der Waals surface area contributed by atoms with Crippen molar-refractivity contribution in [2.24, 2.45) is 5.92 Å². The summed E-state index contributed by atoms with van der Waals surface area (Å²) in [6, 6.07) is 5.76. The number of fused-ring (bicyclic) bond motifs is 1. The summed E-state index contributed by atoms with van der Waals surface area (Å²) in [5.74, 6) is 0.824. The summed E-state index contributed by atoms with van der Waals surface area (Å²) in [6.07, 6.45) is 2.40. The molecule has 110 valence electrons. The third kappa shape index (κ3) is 3.73. The molecular formula is C16H24N2O2. The summed E-state index contributed by atoms with van der Waals surface area (Å²) in [7, 11) is 0. The van der Waals surface area contributed by atoms with Crippen LogP contribution in [0.25, 0.3) is 0 Å². The number of hydrogen-bond acceptors (Lipinski definition) is 3. The van der Waals surface area contributed by atoms with E-state index in [1.54, 1.807) is 0 Å². The summed E-state index contributed by atoms with van der Waals surface area (Å²) in [5, 5.41) is 0. The Kier molecular flexibility index (Phi) is 5.01.